The van der Waals surface area contributed by atoms with Gasteiger partial charge in [0.25, 0.3) is 11.8 Å². The number of esters is 3. The van der Waals surface area contributed by atoms with Crippen molar-refractivity contribution in [3.05, 3.63) is 35.4 Å². The molecule has 0 bridgehead atoms. The van der Waals surface area contributed by atoms with E-state index in [0.29, 0.717) is 0 Å². The summed E-state index contributed by atoms with van der Waals surface area (Å²) in [6.07, 6.45) is -4.99. The first-order valence-electron chi connectivity index (χ1n) is 10.4. The van der Waals surface area contributed by atoms with Crippen molar-refractivity contribution in [3.63, 3.8) is 0 Å². The van der Waals surface area contributed by atoms with Crippen molar-refractivity contribution in [2.75, 3.05) is 13.2 Å². The Hall–Kier alpha value is -3.31. The number of benzene rings is 1. The van der Waals surface area contributed by atoms with Gasteiger partial charge in [0, 0.05) is 27.4 Å². The van der Waals surface area contributed by atoms with Crippen LogP contribution in [-0.4, -0.2) is 78.5 Å². The molecule has 1 fully saturated rings. The Bertz CT molecular complexity index is 925. The molecule has 0 spiro atoms. The quantitative estimate of drug-likeness (QED) is 0.325. The Morgan fingerprint density at radius 2 is 1.45 bits per heavy atom. The normalized spacial score (nSPS) is 26.5. The predicted octanol–water partition coefficient (Wildman–Crippen LogP) is 0.839. The molecule has 0 unspecified atom stereocenters. The molecule has 2 amide bonds. The molecule has 178 valence electrons. The summed E-state index contributed by atoms with van der Waals surface area (Å²) in [6.45, 7) is 4.91. The number of imide groups is 1. The van der Waals surface area contributed by atoms with Crippen molar-refractivity contribution in [3.8, 4) is 0 Å². The summed E-state index contributed by atoms with van der Waals surface area (Å²) in [7, 11) is 0. The molecule has 0 saturated carbocycles. The van der Waals surface area contributed by atoms with E-state index >= 15 is 0 Å². The molecule has 2 aliphatic heterocycles. The van der Waals surface area contributed by atoms with Crippen molar-refractivity contribution < 1.29 is 47.7 Å². The van der Waals surface area contributed by atoms with E-state index in [0.717, 1.165) is 18.7 Å². The Kier molecular flexibility index (Phi) is 7.44. The largest absolute Gasteiger partial charge is 0.463 e. The molecule has 3 rings (SSSR count). The molecule has 0 N–H and O–H groups in total. The van der Waals surface area contributed by atoms with Crippen LogP contribution in [0, 0.1) is 0 Å². The molecule has 0 radical (unpaired) electrons. The zero-order valence-corrected chi connectivity index (χ0v) is 18.6. The summed E-state index contributed by atoms with van der Waals surface area (Å²) in [6, 6.07) is 4.96. The number of nitrogens with zero attached hydrogens (tertiary/aromatic N) is 1. The molecule has 11 nitrogen and oxygen atoms in total. The molecule has 1 aromatic carbocycles. The van der Waals surface area contributed by atoms with Crippen LogP contribution in [0.4, 0.5) is 0 Å². The van der Waals surface area contributed by atoms with E-state index in [1.54, 1.807) is 19.1 Å². The fourth-order valence-corrected chi connectivity index (χ4v) is 3.94. The lowest BCUT2D eigenvalue weighted by Gasteiger charge is -2.47. The van der Waals surface area contributed by atoms with Crippen molar-refractivity contribution in [1.29, 1.82) is 0 Å². The zero-order chi connectivity index (χ0) is 24.3. The maximum atomic E-state index is 13.2. The topological polar surface area (TPSA) is 135 Å². The first kappa shape index (κ1) is 24.3. The third-order valence-electron chi connectivity index (χ3n) is 5.12. The van der Waals surface area contributed by atoms with Crippen LogP contribution >= 0.6 is 0 Å². The van der Waals surface area contributed by atoms with Gasteiger partial charge in [-0.05, 0) is 19.1 Å². The number of ether oxygens (including phenoxy) is 5. The van der Waals surface area contributed by atoms with Crippen molar-refractivity contribution >= 4 is 29.7 Å². The molecule has 11 heteroatoms. The lowest BCUT2D eigenvalue weighted by molar-refractivity contribution is -0.284. The molecular weight excluding hydrogens is 438 g/mol. The van der Waals surface area contributed by atoms with E-state index in [4.69, 9.17) is 23.7 Å². The number of carbonyl (C=O) groups excluding carboxylic acids is 5. The van der Waals surface area contributed by atoms with Crippen LogP contribution in [0.25, 0.3) is 0 Å². The van der Waals surface area contributed by atoms with Gasteiger partial charge in [-0.1, -0.05) is 12.1 Å². The van der Waals surface area contributed by atoms with Crippen molar-refractivity contribution in [1.82, 2.24) is 4.90 Å². The molecule has 33 heavy (non-hydrogen) atoms. The minimum Gasteiger partial charge on any atom is -0.463 e. The maximum absolute atomic E-state index is 13.2. The first-order valence-corrected chi connectivity index (χ1v) is 10.4. The molecule has 0 aliphatic carbocycles. The number of amides is 2. The summed E-state index contributed by atoms with van der Waals surface area (Å²) in [4.78, 5) is 62.5. The van der Waals surface area contributed by atoms with Gasteiger partial charge in [-0.15, -0.1) is 0 Å². The highest BCUT2D eigenvalue weighted by molar-refractivity contribution is 6.21. The Morgan fingerprint density at radius 1 is 0.909 bits per heavy atom. The van der Waals surface area contributed by atoms with E-state index in [2.05, 4.69) is 0 Å². The van der Waals surface area contributed by atoms with Crippen LogP contribution in [-0.2, 0) is 38.1 Å². The highest BCUT2D eigenvalue weighted by Gasteiger charge is 2.57. The molecular formula is C22H25NO10. The van der Waals surface area contributed by atoms with Crippen molar-refractivity contribution in [2.24, 2.45) is 0 Å². The maximum Gasteiger partial charge on any atom is 0.303 e. The number of hydrogen-bond acceptors (Lipinski definition) is 10. The number of rotatable bonds is 7. The average molecular weight is 463 g/mol. The van der Waals surface area contributed by atoms with E-state index in [1.807, 2.05) is 0 Å². The second-order valence-corrected chi connectivity index (χ2v) is 7.47. The molecule has 1 aromatic rings. The van der Waals surface area contributed by atoms with Gasteiger partial charge in [-0.3, -0.25) is 28.9 Å². The molecule has 2 heterocycles. The standard InChI is InChI=1S/C22H25NO10/c1-5-29-22-17(23-20(27)14-8-6-7-9-15(14)21(23)28)19(32-13(4)26)18(31-12(3)25)16(33-22)10-30-11(2)24/h6-9,16-19,22H,5,10H2,1-4H3/t16-,17+,18-,19-,22+/m1/s1. The van der Waals surface area contributed by atoms with Crippen molar-refractivity contribution in [2.45, 2.75) is 58.3 Å². The Morgan fingerprint density at radius 3 is 1.94 bits per heavy atom. The Labute approximate surface area is 189 Å². The summed E-state index contributed by atoms with van der Waals surface area (Å²) in [5.74, 6) is -3.36. The molecule has 1 saturated heterocycles. The average Bonchev–Trinajstić information content (AvgIpc) is 2.99. The van der Waals surface area contributed by atoms with E-state index in [9.17, 15) is 24.0 Å². The number of fused-ring (bicyclic) bond motifs is 1. The van der Waals surface area contributed by atoms with Gasteiger partial charge in [-0.2, -0.15) is 0 Å². The molecule has 5 atom stereocenters. The summed E-state index contributed by atoms with van der Waals surface area (Å²) >= 11 is 0. The van der Waals surface area contributed by atoms with E-state index in [-0.39, 0.29) is 24.3 Å². The smallest absolute Gasteiger partial charge is 0.303 e. The highest BCUT2D eigenvalue weighted by atomic mass is 16.7. The lowest BCUT2D eigenvalue weighted by atomic mass is 9.94. The fourth-order valence-electron chi connectivity index (χ4n) is 3.94. The van der Waals surface area contributed by atoms with Gasteiger partial charge in [0.05, 0.1) is 11.1 Å². The van der Waals surface area contributed by atoms with Crippen LogP contribution in [0.5, 0.6) is 0 Å². The van der Waals surface area contributed by atoms with Gasteiger partial charge < -0.3 is 23.7 Å². The van der Waals surface area contributed by atoms with Gasteiger partial charge in [0.1, 0.15) is 18.8 Å². The third-order valence-corrected chi connectivity index (χ3v) is 5.12. The minimum absolute atomic E-state index is 0.121. The monoisotopic (exact) mass is 463 g/mol. The highest BCUT2D eigenvalue weighted by Crippen LogP contribution is 2.35. The second kappa shape index (κ2) is 10.1. The molecule has 2 aliphatic rings. The van der Waals surface area contributed by atoms with Crippen LogP contribution in [0.1, 0.15) is 48.4 Å². The zero-order valence-electron chi connectivity index (χ0n) is 18.6. The second-order valence-electron chi connectivity index (χ2n) is 7.47. The number of carbonyl (C=O) groups is 5. The Balaban J connectivity index is 2.07. The van der Waals surface area contributed by atoms with E-state index < -0.39 is 60.4 Å². The molecule has 0 aromatic heterocycles. The summed E-state index contributed by atoms with van der Waals surface area (Å²) in [5, 5.41) is 0. The van der Waals surface area contributed by atoms with Gasteiger partial charge in [-0.25, -0.2) is 0 Å². The van der Waals surface area contributed by atoms with Crippen LogP contribution in [0.3, 0.4) is 0 Å². The fraction of sp³-hybridized carbons (Fsp3) is 0.500. The van der Waals surface area contributed by atoms with Gasteiger partial charge >= 0.3 is 17.9 Å². The third kappa shape index (κ3) is 5.04. The minimum atomic E-state index is -1.35. The number of hydrogen-bond donors (Lipinski definition) is 0. The van der Waals surface area contributed by atoms with E-state index in [1.165, 1.54) is 19.1 Å². The van der Waals surface area contributed by atoms with Gasteiger partial charge in [0.15, 0.2) is 18.5 Å². The predicted molar refractivity (Wildman–Crippen MR) is 109 cm³/mol. The summed E-state index contributed by atoms with van der Waals surface area (Å²) < 4.78 is 27.5. The lowest BCUT2D eigenvalue weighted by Crippen LogP contribution is -2.67. The summed E-state index contributed by atoms with van der Waals surface area (Å²) in [5.41, 5.74) is 0.343. The SMILES string of the molecule is CCO[C@H]1O[C@H](COC(C)=O)[C@@H](OC(C)=O)[C@H](OC(C)=O)[C@@H]1N1C(=O)c2ccccc2C1=O. The van der Waals surface area contributed by atoms with Gasteiger partial charge in [0.2, 0.25) is 0 Å². The van der Waals surface area contributed by atoms with Crippen LogP contribution in [0.2, 0.25) is 0 Å². The first-order chi connectivity index (χ1) is 15.6. The van der Waals surface area contributed by atoms with Crippen LogP contribution < -0.4 is 0 Å². The van der Waals surface area contributed by atoms with Crippen LogP contribution in [0.15, 0.2) is 24.3 Å².